The Bertz CT molecular complexity index is 650. The van der Waals surface area contributed by atoms with Crippen LogP contribution >= 0.6 is 0 Å². The standard InChI is InChI=1S/C14H12O2/c1-9(15)10-6-4-8-13-14(10)11-5-2-3-7-12(11)16-13/h2-9,15H,1H3. The summed E-state index contributed by atoms with van der Waals surface area (Å²) in [5, 5.41) is 11.8. The first-order chi connectivity index (χ1) is 7.77. The molecule has 1 heterocycles. The van der Waals surface area contributed by atoms with Crippen LogP contribution in [-0.4, -0.2) is 5.11 Å². The second-order valence-electron chi connectivity index (χ2n) is 3.99. The minimum atomic E-state index is -0.482. The molecule has 1 N–H and O–H groups in total. The van der Waals surface area contributed by atoms with E-state index in [-0.39, 0.29) is 0 Å². The number of hydrogen-bond donors (Lipinski definition) is 1. The molecule has 3 aromatic rings. The summed E-state index contributed by atoms with van der Waals surface area (Å²) in [5.41, 5.74) is 2.62. The second kappa shape index (κ2) is 3.35. The predicted octanol–water partition coefficient (Wildman–Crippen LogP) is 3.64. The Morgan fingerprint density at radius 3 is 2.56 bits per heavy atom. The van der Waals surface area contributed by atoms with E-state index in [2.05, 4.69) is 0 Å². The van der Waals surface area contributed by atoms with Gasteiger partial charge in [0.2, 0.25) is 0 Å². The Kier molecular flexibility index (Phi) is 1.98. The SMILES string of the molecule is CC(O)c1cccc2oc3ccccc3c12. The highest BCUT2D eigenvalue weighted by atomic mass is 16.3. The Morgan fingerprint density at radius 2 is 1.75 bits per heavy atom. The van der Waals surface area contributed by atoms with Crippen LogP contribution in [0.15, 0.2) is 46.9 Å². The summed E-state index contributed by atoms with van der Waals surface area (Å²) in [6, 6.07) is 13.7. The van der Waals surface area contributed by atoms with Crippen molar-refractivity contribution in [3.63, 3.8) is 0 Å². The number of rotatable bonds is 1. The third-order valence-electron chi connectivity index (χ3n) is 2.88. The molecule has 0 fully saturated rings. The van der Waals surface area contributed by atoms with Crippen LogP contribution < -0.4 is 0 Å². The Morgan fingerprint density at radius 1 is 1.00 bits per heavy atom. The van der Waals surface area contributed by atoms with Crippen LogP contribution in [-0.2, 0) is 0 Å². The zero-order chi connectivity index (χ0) is 11.1. The number of benzene rings is 2. The van der Waals surface area contributed by atoms with Crippen molar-refractivity contribution in [3.05, 3.63) is 48.0 Å². The monoisotopic (exact) mass is 212 g/mol. The summed E-state index contributed by atoms with van der Waals surface area (Å²) >= 11 is 0. The maximum absolute atomic E-state index is 9.76. The molecule has 16 heavy (non-hydrogen) atoms. The second-order valence-corrected chi connectivity index (χ2v) is 3.99. The number of para-hydroxylation sites is 1. The summed E-state index contributed by atoms with van der Waals surface area (Å²) in [6.07, 6.45) is -0.482. The van der Waals surface area contributed by atoms with Gasteiger partial charge in [-0.05, 0) is 24.6 Å². The van der Waals surface area contributed by atoms with E-state index in [4.69, 9.17) is 4.42 Å². The molecule has 3 rings (SSSR count). The average Bonchev–Trinajstić information content (AvgIpc) is 2.66. The predicted molar refractivity (Wildman–Crippen MR) is 64.4 cm³/mol. The zero-order valence-electron chi connectivity index (χ0n) is 8.97. The van der Waals surface area contributed by atoms with Crippen LogP contribution in [0.1, 0.15) is 18.6 Å². The lowest BCUT2D eigenvalue weighted by Gasteiger charge is -2.05. The summed E-state index contributed by atoms with van der Waals surface area (Å²) in [7, 11) is 0. The van der Waals surface area contributed by atoms with Crippen LogP contribution in [0.5, 0.6) is 0 Å². The first kappa shape index (κ1) is 9.43. The van der Waals surface area contributed by atoms with Crippen molar-refractivity contribution in [3.8, 4) is 0 Å². The van der Waals surface area contributed by atoms with Gasteiger partial charge in [0.05, 0.1) is 6.10 Å². The van der Waals surface area contributed by atoms with Gasteiger partial charge in [-0.15, -0.1) is 0 Å². The van der Waals surface area contributed by atoms with Gasteiger partial charge >= 0.3 is 0 Å². The van der Waals surface area contributed by atoms with Crippen LogP contribution in [0.3, 0.4) is 0 Å². The van der Waals surface area contributed by atoms with Crippen molar-refractivity contribution >= 4 is 21.9 Å². The Hall–Kier alpha value is -1.80. The van der Waals surface area contributed by atoms with Gasteiger partial charge in [0, 0.05) is 10.8 Å². The van der Waals surface area contributed by atoms with Gasteiger partial charge in [-0.3, -0.25) is 0 Å². The van der Waals surface area contributed by atoms with Crippen LogP contribution in [0.25, 0.3) is 21.9 Å². The van der Waals surface area contributed by atoms with Gasteiger partial charge in [-0.1, -0.05) is 30.3 Å². The Balaban J connectivity index is 2.53. The molecule has 80 valence electrons. The lowest BCUT2D eigenvalue weighted by molar-refractivity contribution is 0.201. The fraction of sp³-hybridized carbons (Fsp3) is 0.143. The maximum atomic E-state index is 9.76. The molecule has 1 aromatic heterocycles. The topological polar surface area (TPSA) is 33.4 Å². The molecule has 0 radical (unpaired) electrons. The van der Waals surface area contributed by atoms with E-state index in [1.807, 2.05) is 42.5 Å². The summed E-state index contributed by atoms with van der Waals surface area (Å²) in [5.74, 6) is 0. The van der Waals surface area contributed by atoms with Crippen molar-refractivity contribution in [2.75, 3.05) is 0 Å². The molecule has 1 atom stereocenters. The molecule has 0 spiro atoms. The van der Waals surface area contributed by atoms with E-state index in [0.29, 0.717) is 0 Å². The lowest BCUT2D eigenvalue weighted by Crippen LogP contribution is -1.90. The van der Waals surface area contributed by atoms with Crippen molar-refractivity contribution in [2.45, 2.75) is 13.0 Å². The molecule has 0 aliphatic rings. The minimum Gasteiger partial charge on any atom is -0.456 e. The lowest BCUT2D eigenvalue weighted by atomic mass is 10.0. The molecule has 1 unspecified atom stereocenters. The van der Waals surface area contributed by atoms with Crippen molar-refractivity contribution in [1.82, 2.24) is 0 Å². The molecule has 0 amide bonds. The van der Waals surface area contributed by atoms with Gasteiger partial charge in [0.25, 0.3) is 0 Å². The van der Waals surface area contributed by atoms with Gasteiger partial charge in [-0.2, -0.15) is 0 Å². The fourth-order valence-electron chi connectivity index (χ4n) is 2.15. The number of aliphatic hydroxyl groups excluding tert-OH is 1. The molecule has 0 saturated carbocycles. The minimum absolute atomic E-state index is 0.482. The molecular formula is C14H12O2. The first-order valence-electron chi connectivity index (χ1n) is 5.35. The molecule has 0 aliphatic carbocycles. The van der Waals surface area contributed by atoms with Gasteiger partial charge in [0.15, 0.2) is 0 Å². The number of hydrogen-bond acceptors (Lipinski definition) is 2. The van der Waals surface area contributed by atoms with Gasteiger partial charge in [0.1, 0.15) is 11.2 Å². The highest BCUT2D eigenvalue weighted by Gasteiger charge is 2.12. The van der Waals surface area contributed by atoms with E-state index in [1.54, 1.807) is 6.92 Å². The van der Waals surface area contributed by atoms with E-state index in [0.717, 1.165) is 27.5 Å². The largest absolute Gasteiger partial charge is 0.456 e. The van der Waals surface area contributed by atoms with Crippen LogP contribution in [0.4, 0.5) is 0 Å². The van der Waals surface area contributed by atoms with Crippen LogP contribution in [0.2, 0.25) is 0 Å². The quantitative estimate of drug-likeness (QED) is 0.668. The molecule has 0 aliphatic heterocycles. The molecule has 2 nitrogen and oxygen atoms in total. The van der Waals surface area contributed by atoms with E-state index in [9.17, 15) is 5.11 Å². The average molecular weight is 212 g/mol. The third kappa shape index (κ3) is 1.24. The molecule has 0 saturated heterocycles. The number of aliphatic hydroxyl groups is 1. The van der Waals surface area contributed by atoms with Crippen LogP contribution in [0, 0.1) is 0 Å². The van der Waals surface area contributed by atoms with Crippen molar-refractivity contribution in [1.29, 1.82) is 0 Å². The van der Waals surface area contributed by atoms with Gasteiger partial charge in [-0.25, -0.2) is 0 Å². The van der Waals surface area contributed by atoms with E-state index < -0.39 is 6.10 Å². The first-order valence-corrected chi connectivity index (χ1v) is 5.35. The van der Waals surface area contributed by atoms with Crippen molar-refractivity contribution < 1.29 is 9.52 Å². The molecular weight excluding hydrogens is 200 g/mol. The maximum Gasteiger partial charge on any atom is 0.135 e. The highest BCUT2D eigenvalue weighted by molar-refractivity contribution is 6.06. The summed E-state index contributed by atoms with van der Waals surface area (Å²) in [6.45, 7) is 1.77. The van der Waals surface area contributed by atoms with Crippen molar-refractivity contribution in [2.24, 2.45) is 0 Å². The zero-order valence-corrected chi connectivity index (χ0v) is 8.97. The fourth-order valence-corrected chi connectivity index (χ4v) is 2.15. The highest BCUT2D eigenvalue weighted by Crippen LogP contribution is 2.33. The molecule has 2 aromatic carbocycles. The van der Waals surface area contributed by atoms with E-state index in [1.165, 1.54) is 0 Å². The number of furan rings is 1. The normalized spacial score (nSPS) is 13.4. The summed E-state index contributed by atoms with van der Waals surface area (Å²) in [4.78, 5) is 0. The molecule has 0 bridgehead atoms. The van der Waals surface area contributed by atoms with Gasteiger partial charge < -0.3 is 9.52 Å². The Labute approximate surface area is 93.1 Å². The molecule has 2 heteroatoms. The smallest absolute Gasteiger partial charge is 0.135 e. The number of fused-ring (bicyclic) bond motifs is 3. The third-order valence-corrected chi connectivity index (χ3v) is 2.88. The van der Waals surface area contributed by atoms with E-state index >= 15 is 0 Å². The summed E-state index contributed by atoms with van der Waals surface area (Å²) < 4.78 is 5.73.